The van der Waals surface area contributed by atoms with E-state index < -0.39 is 5.91 Å². The topological polar surface area (TPSA) is 73.0 Å². The summed E-state index contributed by atoms with van der Waals surface area (Å²) in [7, 11) is 0. The van der Waals surface area contributed by atoms with Gasteiger partial charge in [0.2, 0.25) is 0 Å². The van der Waals surface area contributed by atoms with E-state index in [4.69, 9.17) is 27.7 Å². The van der Waals surface area contributed by atoms with Gasteiger partial charge in [-0.25, -0.2) is 0 Å². The lowest BCUT2D eigenvalue weighted by Gasteiger charge is -2.06. The number of hydrogen-bond donors (Lipinski definition) is 1. The van der Waals surface area contributed by atoms with Crippen LogP contribution in [0.15, 0.2) is 65.3 Å². The second-order valence-electron chi connectivity index (χ2n) is 6.50. The summed E-state index contributed by atoms with van der Waals surface area (Å²) in [5, 5.41) is 12.0. The van der Waals surface area contributed by atoms with Crippen LogP contribution in [-0.4, -0.2) is 20.8 Å². The maximum Gasteiger partial charge on any atom is 0.279 e. The van der Waals surface area contributed by atoms with Crippen molar-refractivity contribution in [3.63, 3.8) is 0 Å². The Bertz CT molecular complexity index is 1150. The Hall–Kier alpha value is -3.09. The smallest absolute Gasteiger partial charge is 0.279 e. The molecule has 1 N–H and O–H groups in total. The minimum absolute atomic E-state index is 0.171. The summed E-state index contributed by atoms with van der Waals surface area (Å²) in [6.07, 6.45) is 1.73. The highest BCUT2D eigenvalue weighted by molar-refractivity contribution is 6.35. The number of aryl methyl sites for hydroxylation is 1. The van der Waals surface area contributed by atoms with Crippen LogP contribution in [0.3, 0.4) is 0 Å². The summed E-state index contributed by atoms with van der Waals surface area (Å²) in [6, 6.07) is 16.4. The number of carbonyl (C=O) groups excluding carboxylic acids is 1. The molecule has 0 spiro atoms. The Morgan fingerprint density at radius 3 is 2.55 bits per heavy atom. The van der Waals surface area contributed by atoms with E-state index >= 15 is 0 Å². The van der Waals surface area contributed by atoms with E-state index in [-0.39, 0.29) is 5.69 Å². The van der Waals surface area contributed by atoms with Gasteiger partial charge in [0.05, 0.1) is 6.54 Å². The SMILES string of the molecule is Cc1ccc(-c2cc(C(=O)Nc3ccn(Cc4c(Cl)cccc4Cl)n3)no2)cc1. The summed E-state index contributed by atoms with van der Waals surface area (Å²) < 4.78 is 6.94. The fourth-order valence-corrected chi connectivity index (χ4v) is 3.30. The van der Waals surface area contributed by atoms with Crippen LogP contribution in [-0.2, 0) is 6.54 Å². The first-order valence-corrected chi connectivity index (χ1v) is 9.56. The molecule has 2 heterocycles. The van der Waals surface area contributed by atoms with Crippen molar-refractivity contribution in [3.05, 3.63) is 87.7 Å². The number of aromatic nitrogens is 3. The first-order valence-electron chi connectivity index (χ1n) is 8.81. The molecular weight excluding hydrogens is 411 g/mol. The summed E-state index contributed by atoms with van der Waals surface area (Å²) in [6.45, 7) is 2.39. The molecule has 0 fully saturated rings. The quantitative estimate of drug-likeness (QED) is 0.460. The van der Waals surface area contributed by atoms with Gasteiger partial charge in [-0.05, 0) is 19.1 Å². The van der Waals surface area contributed by atoms with Crippen LogP contribution >= 0.6 is 23.2 Å². The Morgan fingerprint density at radius 2 is 1.83 bits per heavy atom. The van der Waals surface area contributed by atoms with E-state index in [0.29, 0.717) is 28.2 Å². The highest BCUT2D eigenvalue weighted by Gasteiger charge is 2.15. The van der Waals surface area contributed by atoms with Gasteiger partial charge >= 0.3 is 0 Å². The molecule has 0 radical (unpaired) electrons. The maximum atomic E-state index is 12.5. The van der Waals surface area contributed by atoms with E-state index in [1.807, 2.05) is 31.2 Å². The zero-order chi connectivity index (χ0) is 20.4. The van der Waals surface area contributed by atoms with Gasteiger partial charge in [-0.2, -0.15) is 5.10 Å². The Balaban J connectivity index is 1.45. The largest absolute Gasteiger partial charge is 0.355 e. The average Bonchev–Trinajstić information content (AvgIpc) is 3.35. The molecule has 0 saturated heterocycles. The zero-order valence-electron chi connectivity index (χ0n) is 15.4. The Kier molecular flexibility index (Phi) is 5.38. The first kappa shape index (κ1) is 19.2. The average molecular weight is 427 g/mol. The molecule has 4 rings (SSSR count). The number of nitrogens with one attached hydrogen (secondary N) is 1. The normalized spacial score (nSPS) is 10.9. The fourth-order valence-electron chi connectivity index (χ4n) is 2.78. The van der Waals surface area contributed by atoms with E-state index in [1.165, 1.54) is 0 Å². The van der Waals surface area contributed by atoms with Gasteiger partial charge in [0.15, 0.2) is 17.3 Å². The minimum atomic E-state index is -0.409. The number of anilines is 1. The molecule has 0 aliphatic heterocycles. The predicted octanol–water partition coefficient (Wildman–Crippen LogP) is 5.45. The van der Waals surface area contributed by atoms with E-state index in [2.05, 4.69) is 15.6 Å². The van der Waals surface area contributed by atoms with Crippen LogP contribution < -0.4 is 5.32 Å². The van der Waals surface area contributed by atoms with E-state index in [0.717, 1.165) is 16.7 Å². The van der Waals surface area contributed by atoms with Gasteiger partial charge in [-0.3, -0.25) is 9.48 Å². The molecule has 0 bridgehead atoms. The minimum Gasteiger partial charge on any atom is -0.355 e. The summed E-state index contributed by atoms with van der Waals surface area (Å²) in [5.41, 5.74) is 2.92. The highest BCUT2D eigenvalue weighted by atomic mass is 35.5. The second kappa shape index (κ2) is 8.11. The van der Waals surface area contributed by atoms with Crippen LogP contribution in [0.2, 0.25) is 10.0 Å². The van der Waals surface area contributed by atoms with Crippen molar-refractivity contribution in [2.24, 2.45) is 0 Å². The molecule has 0 saturated carbocycles. The third-order valence-electron chi connectivity index (χ3n) is 4.34. The van der Waals surface area contributed by atoms with Gasteiger partial charge < -0.3 is 9.84 Å². The van der Waals surface area contributed by atoms with Gasteiger partial charge in [0.25, 0.3) is 5.91 Å². The van der Waals surface area contributed by atoms with Crippen molar-refractivity contribution in [1.29, 1.82) is 0 Å². The predicted molar refractivity (Wildman–Crippen MR) is 112 cm³/mol. The molecule has 1 amide bonds. The molecule has 0 atom stereocenters. The van der Waals surface area contributed by atoms with Crippen LogP contribution in [0.1, 0.15) is 21.6 Å². The van der Waals surface area contributed by atoms with E-state index in [1.54, 1.807) is 41.2 Å². The zero-order valence-corrected chi connectivity index (χ0v) is 16.9. The van der Waals surface area contributed by atoms with Crippen molar-refractivity contribution in [1.82, 2.24) is 14.9 Å². The molecule has 8 heteroatoms. The first-order chi connectivity index (χ1) is 14.0. The van der Waals surface area contributed by atoms with Crippen molar-refractivity contribution in [2.75, 3.05) is 5.32 Å². The molecule has 0 aliphatic rings. The molecule has 146 valence electrons. The van der Waals surface area contributed by atoms with Gasteiger partial charge in [-0.15, -0.1) is 0 Å². The molecule has 2 aromatic carbocycles. The summed E-state index contributed by atoms with van der Waals surface area (Å²) in [5.74, 6) is 0.500. The van der Waals surface area contributed by atoms with Gasteiger partial charge in [-0.1, -0.05) is 64.3 Å². The number of nitrogens with zero attached hydrogens (tertiary/aromatic N) is 3. The summed E-state index contributed by atoms with van der Waals surface area (Å²) in [4.78, 5) is 12.5. The lowest BCUT2D eigenvalue weighted by molar-refractivity contribution is 0.101. The van der Waals surface area contributed by atoms with Crippen molar-refractivity contribution in [2.45, 2.75) is 13.5 Å². The van der Waals surface area contributed by atoms with Crippen LogP contribution in [0.4, 0.5) is 5.82 Å². The number of rotatable bonds is 5. The highest BCUT2D eigenvalue weighted by Crippen LogP contribution is 2.25. The Morgan fingerprint density at radius 1 is 1.10 bits per heavy atom. The van der Waals surface area contributed by atoms with Crippen LogP contribution in [0.25, 0.3) is 11.3 Å². The fraction of sp³-hybridized carbons (Fsp3) is 0.0952. The molecule has 4 aromatic rings. The lowest BCUT2D eigenvalue weighted by atomic mass is 10.1. The molecule has 0 unspecified atom stereocenters. The molecule has 29 heavy (non-hydrogen) atoms. The number of halogens is 2. The third kappa shape index (κ3) is 4.34. The van der Waals surface area contributed by atoms with Crippen molar-refractivity contribution < 1.29 is 9.32 Å². The van der Waals surface area contributed by atoms with Gasteiger partial charge in [0, 0.05) is 39.5 Å². The van der Waals surface area contributed by atoms with Crippen LogP contribution in [0, 0.1) is 6.92 Å². The number of carbonyl (C=O) groups is 1. The lowest BCUT2D eigenvalue weighted by Crippen LogP contribution is -2.13. The molecule has 0 aliphatic carbocycles. The number of hydrogen-bond acceptors (Lipinski definition) is 4. The molecular formula is C21H16Cl2N4O2. The number of benzene rings is 2. The number of amides is 1. The molecule has 2 aromatic heterocycles. The Labute approximate surface area is 177 Å². The van der Waals surface area contributed by atoms with Crippen LogP contribution in [0.5, 0.6) is 0 Å². The summed E-state index contributed by atoms with van der Waals surface area (Å²) >= 11 is 12.4. The van der Waals surface area contributed by atoms with Gasteiger partial charge in [0.1, 0.15) is 0 Å². The van der Waals surface area contributed by atoms with Crippen molar-refractivity contribution in [3.8, 4) is 11.3 Å². The van der Waals surface area contributed by atoms with Crippen molar-refractivity contribution >= 4 is 34.9 Å². The second-order valence-corrected chi connectivity index (χ2v) is 7.31. The standard InChI is InChI=1S/C21H16Cl2N4O2/c1-13-5-7-14(8-6-13)19-11-18(26-29-19)21(28)24-20-9-10-27(25-20)12-15-16(22)3-2-4-17(15)23/h2-11H,12H2,1H3,(H,24,25,28). The molecule has 6 nitrogen and oxygen atoms in total. The maximum absolute atomic E-state index is 12.5. The van der Waals surface area contributed by atoms with E-state index in [9.17, 15) is 4.79 Å². The third-order valence-corrected chi connectivity index (χ3v) is 5.05. The monoisotopic (exact) mass is 426 g/mol.